The number of nitrogens with zero attached hydrogens (tertiary/aromatic N) is 1. The summed E-state index contributed by atoms with van der Waals surface area (Å²) >= 11 is 1.77. The Morgan fingerprint density at radius 2 is 2.15 bits per heavy atom. The molecule has 1 aromatic rings. The molecule has 0 aliphatic carbocycles. The first-order valence-electron chi connectivity index (χ1n) is 4.75. The standard InChI is InChI=1S/C10H18N2S/c1-7(2)5-11-9(4)10-12-6-8(3)13-10/h6-7,9,11H,5H2,1-4H3. The van der Waals surface area contributed by atoms with E-state index in [-0.39, 0.29) is 0 Å². The number of aryl methyl sites for hydroxylation is 1. The zero-order valence-corrected chi connectivity index (χ0v) is 9.61. The summed E-state index contributed by atoms with van der Waals surface area (Å²) in [4.78, 5) is 5.64. The Hall–Kier alpha value is -0.410. The van der Waals surface area contributed by atoms with Gasteiger partial charge in [0.25, 0.3) is 0 Å². The second-order valence-corrected chi connectivity index (χ2v) is 5.10. The average Bonchev–Trinajstić information content (AvgIpc) is 2.47. The molecule has 74 valence electrons. The van der Waals surface area contributed by atoms with Gasteiger partial charge in [-0.05, 0) is 26.3 Å². The fraction of sp³-hybridized carbons (Fsp3) is 0.700. The fourth-order valence-corrected chi connectivity index (χ4v) is 1.87. The van der Waals surface area contributed by atoms with Gasteiger partial charge < -0.3 is 5.32 Å². The molecule has 0 aliphatic heterocycles. The van der Waals surface area contributed by atoms with Crippen molar-refractivity contribution < 1.29 is 0 Å². The van der Waals surface area contributed by atoms with Gasteiger partial charge in [-0.15, -0.1) is 11.3 Å². The molecule has 0 amide bonds. The lowest BCUT2D eigenvalue weighted by atomic mass is 10.2. The topological polar surface area (TPSA) is 24.9 Å². The van der Waals surface area contributed by atoms with E-state index in [0.717, 1.165) is 6.54 Å². The van der Waals surface area contributed by atoms with Crippen LogP contribution >= 0.6 is 11.3 Å². The molecular formula is C10H18N2S. The molecule has 0 radical (unpaired) electrons. The van der Waals surface area contributed by atoms with Crippen molar-refractivity contribution in [2.24, 2.45) is 5.92 Å². The molecule has 1 rings (SSSR count). The van der Waals surface area contributed by atoms with Crippen molar-refractivity contribution in [3.63, 3.8) is 0 Å². The van der Waals surface area contributed by atoms with Crippen LogP contribution in [-0.2, 0) is 0 Å². The van der Waals surface area contributed by atoms with Crippen LogP contribution in [-0.4, -0.2) is 11.5 Å². The molecule has 0 aromatic carbocycles. The van der Waals surface area contributed by atoms with Gasteiger partial charge in [0.15, 0.2) is 0 Å². The molecule has 0 aliphatic rings. The summed E-state index contributed by atoms with van der Waals surface area (Å²) in [6.07, 6.45) is 1.94. The van der Waals surface area contributed by atoms with Crippen molar-refractivity contribution in [2.75, 3.05) is 6.54 Å². The Labute approximate surface area is 84.4 Å². The minimum Gasteiger partial charge on any atom is -0.308 e. The Balaban J connectivity index is 2.44. The summed E-state index contributed by atoms with van der Waals surface area (Å²) in [6, 6.07) is 0.390. The minimum atomic E-state index is 0.390. The van der Waals surface area contributed by atoms with E-state index in [2.05, 4.69) is 38.0 Å². The molecule has 0 saturated carbocycles. The maximum absolute atomic E-state index is 4.35. The normalized spacial score (nSPS) is 13.6. The van der Waals surface area contributed by atoms with Gasteiger partial charge in [-0.2, -0.15) is 0 Å². The fourth-order valence-electron chi connectivity index (χ4n) is 1.07. The Kier molecular flexibility index (Phi) is 3.88. The van der Waals surface area contributed by atoms with Crippen molar-refractivity contribution in [2.45, 2.75) is 33.7 Å². The van der Waals surface area contributed by atoms with Crippen LogP contribution in [0.15, 0.2) is 6.20 Å². The number of hydrogen-bond donors (Lipinski definition) is 1. The molecule has 1 N–H and O–H groups in total. The van der Waals surface area contributed by atoms with Crippen molar-refractivity contribution in [3.8, 4) is 0 Å². The zero-order valence-electron chi connectivity index (χ0n) is 8.79. The quantitative estimate of drug-likeness (QED) is 0.804. The van der Waals surface area contributed by atoms with E-state index in [1.54, 1.807) is 11.3 Å². The molecule has 1 unspecified atom stereocenters. The van der Waals surface area contributed by atoms with Gasteiger partial charge in [0.1, 0.15) is 5.01 Å². The first-order chi connectivity index (χ1) is 6.09. The van der Waals surface area contributed by atoms with Crippen molar-refractivity contribution in [1.82, 2.24) is 10.3 Å². The molecule has 3 heteroatoms. The monoisotopic (exact) mass is 198 g/mol. The van der Waals surface area contributed by atoms with Gasteiger partial charge >= 0.3 is 0 Å². The summed E-state index contributed by atoms with van der Waals surface area (Å²) in [5.74, 6) is 0.698. The summed E-state index contributed by atoms with van der Waals surface area (Å²) in [5.41, 5.74) is 0. The maximum Gasteiger partial charge on any atom is 0.109 e. The van der Waals surface area contributed by atoms with Crippen LogP contribution in [0.2, 0.25) is 0 Å². The molecule has 0 bridgehead atoms. The summed E-state index contributed by atoms with van der Waals surface area (Å²) in [5, 5.41) is 4.65. The van der Waals surface area contributed by atoms with E-state index in [1.165, 1.54) is 9.88 Å². The van der Waals surface area contributed by atoms with Crippen LogP contribution in [0.25, 0.3) is 0 Å². The molecular weight excluding hydrogens is 180 g/mol. The molecule has 0 fully saturated rings. The van der Waals surface area contributed by atoms with Gasteiger partial charge in [-0.1, -0.05) is 13.8 Å². The van der Waals surface area contributed by atoms with Gasteiger partial charge in [0, 0.05) is 11.1 Å². The highest BCUT2D eigenvalue weighted by molar-refractivity contribution is 7.11. The molecule has 0 saturated heterocycles. The third-order valence-electron chi connectivity index (χ3n) is 1.84. The van der Waals surface area contributed by atoms with Crippen molar-refractivity contribution in [3.05, 3.63) is 16.1 Å². The van der Waals surface area contributed by atoms with E-state index in [4.69, 9.17) is 0 Å². The number of nitrogens with one attached hydrogen (secondary N) is 1. The molecule has 1 aromatic heterocycles. The molecule has 1 atom stereocenters. The predicted octanol–water partition coefficient (Wildman–Crippen LogP) is 2.76. The molecule has 2 nitrogen and oxygen atoms in total. The third kappa shape index (κ3) is 3.44. The predicted molar refractivity (Wildman–Crippen MR) is 58.1 cm³/mol. The molecule has 1 heterocycles. The first kappa shape index (κ1) is 10.7. The van der Waals surface area contributed by atoms with Crippen LogP contribution < -0.4 is 5.32 Å². The Bertz CT molecular complexity index is 255. The van der Waals surface area contributed by atoms with Gasteiger partial charge in [0.2, 0.25) is 0 Å². The van der Waals surface area contributed by atoms with E-state index in [0.29, 0.717) is 12.0 Å². The number of aromatic nitrogens is 1. The summed E-state index contributed by atoms with van der Waals surface area (Å²) < 4.78 is 0. The van der Waals surface area contributed by atoms with E-state index >= 15 is 0 Å². The van der Waals surface area contributed by atoms with Crippen LogP contribution in [0, 0.1) is 12.8 Å². The SMILES string of the molecule is Cc1cnc(C(C)NCC(C)C)s1. The van der Waals surface area contributed by atoms with Crippen molar-refractivity contribution in [1.29, 1.82) is 0 Å². The minimum absolute atomic E-state index is 0.390. The highest BCUT2D eigenvalue weighted by atomic mass is 32.1. The van der Waals surface area contributed by atoms with Gasteiger partial charge in [-0.25, -0.2) is 4.98 Å². The molecule has 0 spiro atoms. The van der Waals surface area contributed by atoms with Crippen molar-refractivity contribution >= 4 is 11.3 Å². The number of hydrogen-bond acceptors (Lipinski definition) is 3. The Morgan fingerprint density at radius 1 is 1.46 bits per heavy atom. The number of rotatable bonds is 4. The second-order valence-electron chi connectivity index (χ2n) is 3.83. The van der Waals surface area contributed by atoms with Crippen LogP contribution in [0.4, 0.5) is 0 Å². The average molecular weight is 198 g/mol. The van der Waals surface area contributed by atoms with Gasteiger partial charge in [0.05, 0.1) is 6.04 Å². The second kappa shape index (κ2) is 4.72. The zero-order chi connectivity index (χ0) is 9.84. The summed E-state index contributed by atoms with van der Waals surface area (Å²) in [7, 11) is 0. The lowest BCUT2D eigenvalue weighted by Gasteiger charge is -2.12. The number of thiazole rings is 1. The van der Waals surface area contributed by atoms with E-state index in [1.807, 2.05) is 6.20 Å². The van der Waals surface area contributed by atoms with Crippen LogP contribution in [0.3, 0.4) is 0 Å². The lowest BCUT2D eigenvalue weighted by molar-refractivity contribution is 0.495. The van der Waals surface area contributed by atoms with Crippen LogP contribution in [0.1, 0.15) is 36.7 Å². The maximum atomic E-state index is 4.35. The Morgan fingerprint density at radius 3 is 2.62 bits per heavy atom. The van der Waals surface area contributed by atoms with Crippen LogP contribution in [0.5, 0.6) is 0 Å². The molecule has 13 heavy (non-hydrogen) atoms. The van der Waals surface area contributed by atoms with E-state index in [9.17, 15) is 0 Å². The highest BCUT2D eigenvalue weighted by Crippen LogP contribution is 2.18. The smallest absolute Gasteiger partial charge is 0.109 e. The highest BCUT2D eigenvalue weighted by Gasteiger charge is 2.08. The van der Waals surface area contributed by atoms with E-state index < -0.39 is 0 Å². The summed E-state index contributed by atoms with van der Waals surface area (Å²) in [6.45, 7) is 9.75. The first-order valence-corrected chi connectivity index (χ1v) is 5.57. The third-order valence-corrected chi connectivity index (χ3v) is 2.94. The van der Waals surface area contributed by atoms with Gasteiger partial charge in [-0.3, -0.25) is 0 Å². The largest absolute Gasteiger partial charge is 0.308 e. The lowest BCUT2D eigenvalue weighted by Crippen LogP contribution is -2.23.